The van der Waals surface area contributed by atoms with Crippen LogP contribution >= 0.6 is 11.3 Å². The molecule has 136 valence electrons. The van der Waals surface area contributed by atoms with Gasteiger partial charge in [-0.3, -0.25) is 9.69 Å². The number of aromatic nitrogens is 1. The first-order valence-electron chi connectivity index (χ1n) is 8.45. The second kappa shape index (κ2) is 7.51. The van der Waals surface area contributed by atoms with Crippen LogP contribution in [-0.2, 0) is 0 Å². The first kappa shape index (κ1) is 18.5. The van der Waals surface area contributed by atoms with Crippen molar-refractivity contribution in [1.29, 1.82) is 0 Å². The summed E-state index contributed by atoms with van der Waals surface area (Å²) in [6.45, 7) is 5.17. The number of halogens is 1. The Labute approximate surface area is 156 Å². The van der Waals surface area contributed by atoms with Crippen molar-refractivity contribution >= 4 is 32.6 Å². The first-order chi connectivity index (χ1) is 12.4. The number of carbonyl (C=O) groups is 1. The van der Waals surface area contributed by atoms with Crippen LogP contribution in [0.25, 0.3) is 10.2 Å². The Bertz CT molecular complexity index is 951. The van der Waals surface area contributed by atoms with Gasteiger partial charge in [0.05, 0.1) is 15.8 Å². The van der Waals surface area contributed by atoms with Crippen molar-refractivity contribution in [3.63, 3.8) is 0 Å². The molecule has 0 atom stereocenters. The van der Waals surface area contributed by atoms with Crippen molar-refractivity contribution < 1.29 is 9.18 Å². The Morgan fingerprint density at radius 3 is 2.58 bits per heavy atom. The van der Waals surface area contributed by atoms with Gasteiger partial charge < -0.3 is 4.90 Å². The molecule has 0 radical (unpaired) electrons. The summed E-state index contributed by atoms with van der Waals surface area (Å²) in [6, 6.07) is 10.2. The van der Waals surface area contributed by atoms with E-state index in [1.54, 1.807) is 17.0 Å². The van der Waals surface area contributed by atoms with E-state index in [2.05, 4.69) is 11.1 Å². The number of benzene rings is 2. The number of nitrogens with zero attached hydrogens (tertiary/aromatic N) is 3. The van der Waals surface area contributed by atoms with Crippen LogP contribution in [-0.4, -0.2) is 43.0 Å². The van der Waals surface area contributed by atoms with Crippen LogP contribution in [0.15, 0.2) is 36.4 Å². The van der Waals surface area contributed by atoms with Crippen molar-refractivity contribution in [2.75, 3.05) is 32.1 Å². The lowest BCUT2D eigenvalue weighted by Crippen LogP contribution is -2.37. The molecule has 0 N–H and O–H groups in total. The molecule has 4 nitrogen and oxygen atoms in total. The zero-order chi connectivity index (χ0) is 18.8. The molecule has 6 heteroatoms. The number of rotatable bonds is 5. The van der Waals surface area contributed by atoms with Crippen LogP contribution in [0.4, 0.5) is 9.52 Å². The van der Waals surface area contributed by atoms with Crippen LogP contribution in [0.1, 0.15) is 21.5 Å². The average Bonchev–Trinajstić information content (AvgIpc) is 2.99. The normalized spacial score (nSPS) is 11.3. The van der Waals surface area contributed by atoms with E-state index in [9.17, 15) is 9.18 Å². The predicted molar refractivity (Wildman–Crippen MR) is 106 cm³/mol. The van der Waals surface area contributed by atoms with Crippen molar-refractivity contribution in [2.45, 2.75) is 13.8 Å². The molecule has 0 unspecified atom stereocenters. The Morgan fingerprint density at radius 2 is 1.88 bits per heavy atom. The van der Waals surface area contributed by atoms with Gasteiger partial charge in [0.15, 0.2) is 5.13 Å². The number of carbonyl (C=O) groups excluding carboxylic acids is 1. The Kier molecular flexibility index (Phi) is 5.34. The van der Waals surface area contributed by atoms with Gasteiger partial charge in [0.25, 0.3) is 5.91 Å². The van der Waals surface area contributed by atoms with Crippen molar-refractivity contribution in [1.82, 2.24) is 9.88 Å². The second-order valence-corrected chi connectivity index (χ2v) is 7.64. The molecule has 0 spiro atoms. The molecule has 1 aromatic heterocycles. The molecule has 26 heavy (non-hydrogen) atoms. The SMILES string of the molecule is Cc1cc(C)c2sc(N(CCN(C)C)C(=O)c3ccccc3F)nc2c1. The number of fused-ring (bicyclic) bond motifs is 1. The van der Waals surface area contributed by atoms with E-state index >= 15 is 0 Å². The minimum Gasteiger partial charge on any atom is -0.308 e. The summed E-state index contributed by atoms with van der Waals surface area (Å²) in [5, 5.41) is 0.601. The molecule has 3 aromatic rings. The number of hydrogen-bond acceptors (Lipinski definition) is 4. The van der Waals surface area contributed by atoms with E-state index in [1.165, 1.54) is 23.5 Å². The van der Waals surface area contributed by atoms with Gasteiger partial charge in [0.1, 0.15) is 5.82 Å². The summed E-state index contributed by atoms with van der Waals surface area (Å²) in [5.74, 6) is -0.876. The van der Waals surface area contributed by atoms with Crippen molar-refractivity contribution in [3.8, 4) is 0 Å². The number of anilines is 1. The van der Waals surface area contributed by atoms with Crippen molar-refractivity contribution in [2.24, 2.45) is 0 Å². The zero-order valence-corrected chi connectivity index (χ0v) is 16.2. The van der Waals surface area contributed by atoms with Gasteiger partial charge >= 0.3 is 0 Å². The van der Waals surface area contributed by atoms with E-state index < -0.39 is 5.82 Å². The highest BCUT2D eigenvalue weighted by molar-refractivity contribution is 7.22. The lowest BCUT2D eigenvalue weighted by atomic mass is 10.1. The molecular weight excluding hydrogens is 349 g/mol. The van der Waals surface area contributed by atoms with Crippen LogP contribution < -0.4 is 4.90 Å². The van der Waals surface area contributed by atoms with Gasteiger partial charge in [0.2, 0.25) is 0 Å². The van der Waals surface area contributed by atoms with Gasteiger partial charge in [-0.15, -0.1) is 0 Å². The molecule has 0 saturated heterocycles. The monoisotopic (exact) mass is 371 g/mol. The molecule has 2 aromatic carbocycles. The van der Waals surface area contributed by atoms with Crippen LogP contribution in [0, 0.1) is 19.7 Å². The summed E-state index contributed by atoms with van der Waals surface area (Å²) in [4.78, 5) is 21.3. The molecule has 0 aliphatic heterocycles. The summed E-state index contributed by atoms with van der Waals surface area (Å²) in [5.41, 5.74) is 3.21. The van der Waals surface area contributed by atoms with E-state index in [-0.39, 0.29) is 11.5 Å². The predicted octanol–water partition coefficient (Wildman–Crippen LogP) is 4.26. The average molecular weight is 371 g/mol. The first-order valence-corrected chi connectivity index (χ1v) is 9.27. The maximum Gasteiger partial charge on any atom is 0.263 e. The fraction of sp³-hybridized carbons (Fsp3) is 0.300. The fourth-order valence-corrected chi connectivity index (χ4v) is 3.88. The minimum absolute atomic E-state index is 0.0680. The van der Waals surface area contributed by atoms with Gasteiger partial charge in [-0.1, -0.05) is 29.5 Å². The van der Waals surface area contributed by atoms with Gasteiger partial charge in [0, 0.05) is 13.1 Å². The standard InChI is InChI=1S/C20H22FN3OS/c1-13-11-14(2)18-17(12-13)22-20(26-18)24(10-9-23(3)4)19(25)15-7-5-6-8-16(15)21/h5-8,11-12H,9-10H2,1-4H3. The third-order valence-corrected chi connectivity index (χ3v) is 5.39. The smallest absolute Gasteiger partial charge is 0.263 e. The topological polar surface area (TPSA) is 36.4 Å². The maximum absolute atomic E-state index is 14.2. The third kappa shape index (κ3) is 3.76. The van der Waals surface area contributed by atoms with E-state index in [0.29, 0.717) is 18.2 Å². The van der Waals surface area contributed by atoms with Crippen molar-refractivity contribution in [3.05, 3.63) is 58.9 Å². The van der Waals surface area contributed by atoms with E-state index in [1.807, 2.05) is 38.9 Å². The number of likely N-dealkylation sites (N-methyl/N-ethyl adjacent to an activating group) is 1. The molecule has 0 aliphatic rings. The molecule has 1 amide bonds. The summed E-state index contributed by atoms with van der Waals surface area (Å²) >= 11 is 1.47. The molecule has 0 bridgehead atoms. The highest BCUT2D eigenvalue weighted by Gasteiger charge is 2.24. The molecule has 3 rings (SSSR count). The van der Waals surface area contributed by atoms with Gasteiger partial charge in [-0.05, 0) is 57.3 Å². The summed E-state index contributed by atoms with van der Waals surface area (Å²) in [6.07, 6.45) is 0. The second-order valence-electron chi connectivity index (χ2n) is 6.67. The van der Waals surface area contributed by atoms with Crippen LogP contribution in [0.2, 0.25) is 0 Å². The Balaban J connectivity index is 2.05. The van der Waals surface area contributed by atoms with E-state index in [0.717, 1.165) is 21.3 Å². The lowest BCUT2D eigenvalue weighted by molar-refractivity contribution is 0.0981. The molecule has 0 saturated carbocycles. The molecule has 0 aliphatic carbocycles. The zero-order valence-electron chi connectivity index (χ0n) is 15.4. The lowest BCUT2D eigenvalue weighted by Gasteiger charge is -2.22. The Hall–Kier alpha value is -2.31. The molecule has 0 fully saturated rings. The number of thiazole rings is 1. The molecular formula is C20H22FN3OS. The minimum atomic E-state index is -0.513. The summed E-state index contributed by atoms with van der Waals surface area (Å²) in [7, 11) is 3.88. The number of amides is 1. The van der Waals surface area contributed by atoms with Crippen LogP contribution in [0.3, 0.4) is 0 Å². The largest absolute Gasteiger partial charge is 0.308 e. The van der Waals surface area contributed by atoms with Crippen LogP contribution in [0.5, 0.6) is 0 Å². The molecule has 1 heterocycles. The van der Waals surface area contributed by atoms with Gasteiger partial charge in [-0.2, -0.15) is 0 Å². The van der Waals surface area contributed by atoms with Gasteiger partial charge in [-0.25, -0.2) is 9.37 Å². The number of aryl methyl sites for hydroxylation is 2. The third-order valence-electron chi connectivity index (χ3n) is 4.16. The quantitative estimate of drug-likeness (QED) is 0.672. The summed E-state index contributed by atoms with van der Waals surface area (Å²) < 4.78 is 15.2. The highest BCUT2D eigenvalue weighted by Crippen LogP contribution is 2.33. The van der Waals surface area contributed by atoms with E-state index in [4.69, 9.17) is 0 Å². The fourth-order valence-electron chi connectivity index (χ4n) is 2.84. The highest BCUT2D eigenvalue weighted by atomic mass is 32.1. The maximum atomic E-state index is 14.2. The number of hydrogen-bond donors (Lipinski definition) is 0. The Morgan fingerprint density at radius 1 is 1.15 bits per heavy atom.